The first-order valence-corrected chi connectivity index (χ1v) is 18.9. The molecule has 0 aliphatic rings. The Hall–Kier alpha value is -7.63. The summed E-state index contributed by atoms with van der Waals surface area (Å²) >= 11 is 0. The minimum Gasteiger partial charge on any atom is -0.309 e. The Morgan fingerprint density at radius 3 is 1.46 bits per heavy atom. The van der Waals surface area contributed by atoms with Crippen molar-refractivity contribution in [2.24, 2.45) is 0 Å². The van der Waals surface area contributed by atoms with Crippen molar-refractivity contribution in [1.29, 1.82) is 0 Å². The number of para-hydroxylation sites is 4. The van der Waals surface area contributed by atoms with E-state index in [1.807, 2.05) is 60.7 Å². The van der Waals surface area contributed by atoms with Crippen molar-refractivity contribution in [3.8, 4) is 56.7 Å². The molecule has 0 radical (unpaired) electrons. The highest BCUT2D eigenvalue weighted by molar-refractivity contribution is 6.15. The Kier molecular flexibility index (Phi) is 7.42. The van der Waals surface area contributed by atoms with Crippen molar-refractivity contribution in [3.63, 3.8) is 0 Å². The van der Waals surface area contributed by atoms with E-state index in [0.717, 1.165) is 39.1 Å². The van der Waals surface area contributed by atoms with Gasteiger partial charge in [0.25, 0.3) is 0 Å². The van der Waals surface area contributed by atoms with Gasteiger partial charge in [0.2, 0.25) is 0 Å². The molecule has 0 atom stereocenters. The van der Waals surface area contributed by atoms with Crippen molar-refractivity contribution in [3.05, 3.63) is 200 Å². The molecule has 0 saturated heterocycles. The maximum atomic E-state index is 5.16. The van der Waals surface area contributed by atoms with Crippen molar-refractivity contribution < 1.29 is 0 Å². The molecule has 0 saturated carbocycles. The average Bonchev–Trinajstić information content (AvgIpc) is 3.80. The molecule has 0 spiro atoms. The fourth-order valence-corrected chi connectivity index (χ4v) is 8.28. The Balaban J connectivity index is 1.19. The fraction of sp³-hybridized carbons (Fsp3) is 0. The Morgan fingerprint density at radius 1 is 0.304 bits per heavy atom. The molecule has 5 heteroatoms. The summed E-state index contributed by atoms with van der Waals surface area (Å²) in [4.78, 5) is 15.3. The van der Waals surface area contributed by atoms with Crippen LogP contribution in [0.5, 0.6) is 0 Å². The molecule has 0 aliphatic heterocycles. The zero-order valence-corrected chi connectivity index (χ0v) is 30.3. The third kappa shape index (κ3) is 5.13. The zero-order valence-electron chi connectivity index (χ0n) is 30.3. The summed E-state index contributed by atoms with van der Waals surface area (Å²) in [5.74, 6) is 1.88. The summed E-state index contributed by atoms with van der Waals surface area (Å²) < 4.78 is 4.81. The average molecular weight is 716 g/mol. The maximum absolute atomic E-state index is 5.16. The summed E-state index contributed by atoms with van der Waals surface area (Å²) in [5.41, 5.74) is 11.8. The van der Waals surface area contributed by atoms with E-state index in [1.54, 1.807) is 0 Å². The summed E-state index contributed by atoms with van der Waals surface area (Å²) in [6.45, 7) is 0. The van der Waals surface area contributed by atoms with Crippen LogP contribution in [0.4, 0.5) is 0 Å². The molecule has 3 aromatic heterocycles. The maximum Gasteiger partial charge on any atom is 0.166 e. The van der Waals surface area contributed by atoms with Gasteiger partial charge in [-0.15, -0.1) is 0 Å². The molecule has 56 heavy (non-hydrogen) atoms. The van der Waals surface area contributed by atoms with Gasteiger partial charge in [0, 0.05) is 49.5 Å². The third-order valence-electron chi connectivity index (χ3n) is 10.8. The number of hydrogen-bond donors (Lipinski definition) is 0. The van der Waals surface area contributed by atoms with Crippen LogP contribution >= 0.6 is 0 Å². The van der Waals surface area contributed by atoms with Crippen LogP contribution in [0.25, 0.3) is 100 Å². The van der Waals surface area contributed by atoms with Crippen LogP contribution in [0.15, 0.2) is 200 Å². The second kappa shape index (κ2) is 13.0. The van der Waals surface area contributed by atoms with E-state index in [4.69, 9.17) is 15.0 Å². The molecule has 262 valence electrons. The van der Waals surface area contributed by atoms with Crippen LogP contribution in [0, 0.1) is 0 Å². The minimum absolute atomic E-state index is 0.616. The number of hydrogen-bond acceptors (Lipinski definition) is 3. The lowest BCUT2D eigenvalue weighted by Gasteiger charge is -2.16. The highest BCUT2D eigenvalue weighted by Gasteiger charge is 2.21. The molecule has 8 aromatic carbocycles. The first-order valence-electron chi connectivity index (χ1n) is 18.9. The lowest BCUT2D eigenvalue weighted by atomic mass is 10.0. The van der Waals surface area contributed by atoms with E-state index < -0.39 is 0 Å². The SMILES string of the molecule is c1ccc(-c2nc(-c3ccccc3)nc(-c3ccccc3-n3c4ccccc4c4ccc(-n5c6ccccc6c6cccc(-c7ccccc7)c65)cc43)n2)cc1. The van der Waals surface area contributed by atoms with Crippen molar-refractivity contribution in [2.45, 2.75) is 0 Å². The molecule has 0 N–H and O–H groups in total. The van der Waals surface area contributed by atoms with Gasteiger partial charge in [0.05, 0.1) is 27.8 Å². The van der Waals surface area contributed by atoms with Crippen LogP contribution in [-0.4, -0.2) is 24.1 Å². The van der Waals surface area contributed by atoms with Crippen molar-refractivity contribution in [2.75, 3.05) is 0 Å². The van der Waals surface area contributed by atoms with E-state index in [-0.39, 0.29) is 0 Å². The van der Waals surface area contributed by atoms with Crippen LogP contribution < -0.4 is 0 Å². The fourth-order valence-electron chi connectivity index (χ4n) is 8.28. The molecule has 0 aliphatic carbocycles. The number of aromatic nitrogens is 5. The van der Waals surface area contributed by atoms with E-state index in [9.17, 15) is 0 Å². The first kappa shape index (κ1) is 31.9. The van der Waals surface area contributed by atoms with Gasteiger partial charge in [-0.25, -0.2) is 15.0 Å². The summed E-state index contributed by atoms with van der Waals surface area (Å²) in [7, 11) is 0. The highest BCUT2D eigenvalue weighted by Crippen LogP contribution is 2.41. The third-order valence-corrected chi connectivity index (χ3v) is 10.8. The van der Waals surface area contributed by atoms with Gasteiger partial charge >= 0.3 is 0 Å². The minimum atomic E-state index is 0.616. The smallest absolute Gasteiger partial charge is 0.166 e. The van der Waals surface area contributed by atoms with Gasteiger partial charge in [-0.3, -0.25) is 0 Å². The molecule has 11 aromatic rings. The number of rotatable bonds is 6. The largest absolute Gasteiger partial charge is 0.309 e. The number of benzene rings is 8. The highest BCUT2D eigenvalue weighted by atomic mass is 15.1. The van der Waals surface area contributed by atoms with Gasteiger partial charge in [-0.1, -0.05) is 164 Å². The molecule has 0 unspecified atom stereocenters. The Bertz CT molecular complexity index is 3180. The standard InChI is InChI=1S/C51H33N5/c1-4-17-34(18-5-1)38-26-16-27-42-40-24-11-13-28-44(40)55(48(38)42)37-31-32-41-39-23-10-14-29-45(39)56(47(41)33-37)46-30-15-12-25-43(46)51-53-49(35-19-6-2-7-20-35)52-50(54-51)36-21-8-3-9-22-36/h1-33H. The lowest BCUT2D eigenvalue weighted by molar-refractivity contribution is 1.06. The monoisotopic (exact) mass is 715 g/mol. The topological polar surface area (TPSA) is 48.5 Å². The lowest BCUT2D eigenvalue weighted by Crippen LogP contribution is -2.03. The zero-order chi connectivity index (χ0) is 37.0. The molecule has 5 nitrogen and oxygen atoms in total. The summed E-state index contributed by atoms with van der Waals surface area (Å²) in [6, 6.07) is 70.4. The molecular weight excluding hydrogens is 683 g/mol. The van der Waals surface area contributed by atoms with Crippen LogP contribution in [0.1, 0.15) is 0 Å². The van der Waals surface area contributed by atoms with Gasteiger partial charge < -0.3 is 9.13 Å². The van der Waals surface area contributed by atoms with E-state index in [1.165, 1.54) is 43.7 Å². The van der Waals surface area contributed by atoms with Gasteiger partial charge in [-0.05, 0) is 42.0 Å². The second-order valence-corrected chi connectivity index (χ2v) is 14.0. The van der Waals surface area contributed by atoms with Crippen LogP contribution in [-0.2, 0) is 0 Å². The Labute approximate surface area is 323 Å². The molecule has 0 bridgehead atoms. The number of nitrogens with zero attached hydrogens (tertiary/aromatic N) is 5. The van der Waals surface area contributed by atoms with E-state index >= 15 is 0 Å². The quantitative estimate of drug-likeness (QED) is 0.172. The summed E-state index contributed by atoms with van der Waals surface area (Å²) in [5, 5.41) is 4.81. The van der Waals surface area contributed by atoms with Gasteiger partial charge in [0.15, 0.2) is 17.5 Å². The molecular formula is C51H33N5. The predicted molar refractivity (Wildman–Crippen MR) is 230 cm³/mol. The molecule has 11 rings (SSSR count). The molecule has 0 fully saturated rings. The number of fused-ring (bicyclic) bond motifs is 6. The van der Waals surface area contributed by atoms with Crippen molar-refractivity contribution >= 4 is 43.6 Å². The first-order chi connectivity index (χ1) is 27.8. The Morgan fingerprint density at radius 2 is 0.786 bits per heavy atom. The van der Waals surface area contributed by atoms with Crippen LogP contribution in [0.2, 0.25) is 0 Å². The molecule has 0 amide bonds. The molecule has 3 heterocycles. The second-order valence-electron chi connectivity index (χ2n) is 14.0. The van der Waals surface area contributed by atoms with Crippen molar-refractivity contribution in [1.82, 2.24) is 24.1 Å². The predicted octanol–water partition coefficient (Wildman–Crippen LogP) is 12.7. The van der Waals surface area contributed by atoms with Gasteiger partial charge in [-0.2, -0.15) is 0 Å². The summed E-state index contributed by atoms with van der Waals surface area (Å²) in [6.07, 6.45) is 0. The normalized spacial score (nSPS) is 11.6. The van der Waals surface area contributed by atoms with Crippen LogP contribution in [0.3, 0.4) is 0 Å². The van der Waals surface area contributed by atoms with E-state index in [0.29, 0.717) is 17.5 Å². The van der Waals surface area contributed by atoms with E-state index in [2.05, 4.69) is 149 Å². The van der Waals surface area contributed by atoms with Gasteiger partial charge in [0.1, 0.15) is 0 Å².